The van der Waals surface area contributed by atoms with Crippen molar-refractivity contribution in [3.63, 3.8) is 0 Å². The van der Waals surface area contributed by atoms with Gasteiger partial charge in [-0.15, -0.1) is 0 Å². The number of hydrogen-bond acceptors (Lipinski definition) is 9. The van der Waals surface area contributed by atoms with Gasteiger partial charge in [0.2, 0.25) is 17.8 Å². The molecule has 0 spiro atoms. The second-order valence-corrected chi connectivity index (χ2v) is 9.20. The van der Waals surface area contributed by atoms with Gasteiger partial charge in [0.1, 0.15) is 18.8 Å². The topological polar surface area (TPSA) is 211 Å². The number of alkyl halides is 1. The van der Waals surface area contributed by atoms with Crippen molar-refractivity contribution in [2.24, 2.45) is 5.73 Å². The van der Waals surface area contributed by atoms with E-state index in [9.17, 15) is 23.6 Å². The summed E-state index contributed by atoms with van der Waals surface area (Å²) in [6.45, 7) is 4.72. The van der Waals surface area contributed by atoms with Crippen LogP contribution in [0, 0.1) is 6.92 Å². The smallest absolute Gasteiger partial charge is 0.278 e. The first-order valence-electron chi connectivity index (χ1n) is 12.3. The van der Waals surface area contributed by atoms with Gasteiger partial charge in [0.15, 0.2) is 16.9 Å². The maximum absolute atomic E-state index is 14.5. The van der Waals surface area contributed by atoms with E-state index in [0.29, 0.717) is 22.4 Å². The van der Waals surface area contributed by atoms with Gasteiger partial charge in [-0.25, -0.2) is 9.37 Å². The average Bonchev–Trinajstić information content (AvgIpc) is 3.66. The lowest BCUT2D eigenvalue weighted by Gasteiger charge is -2.23. The fourth-order valence-corrected chi connectivity index (χ4v) is 4.58. The Kier molecular flexibility index (Phi) is 7.20. The summed E-state index contributed by atoms with van der Waals surface area (Å²) in [5.74, 6) is -2.37. The first-order chi connectivity index (χ1) is 19.7. The van der Waals surface area contributed by atoms with Crippen molar-refractivity contribution in [1.82, 2.24) is 44.8 Å². The summed E-state index contributed by atoms with van der Waals surface area (Å²) in [4.78, 5) is 64.8. The molecule has 5 heterocycles. The van der Waals surface area contributed by atoms with Crippen molar-refractivity contribution < 1.29 is 18.8 Å². The predicted octanol–water partition coefficient (Wildman–Crippen LogP) is 0.344. The number of rotatable bonds is 8. The Hall–Kier alpha value is -5.54. The zero-order chi connectivity index (χ0) is 29.3. The summed E-state index contributed by atoms with van der Waals surface area (Å²) < 4.78 is 15.7. The lowest BCUT2D eigenvalue weighted by atomic mass is 10.0. The number of nitrogens with two attached hydrogens (primary N) is 1. The van der Waals surface area contributed by atoms with Crippen LogP contribution in [0.1, 0.15) is 33.7 Å². The lowest BCUT2D eigenvalue weighted by Crippen LogP contribution is -2.45. The third-order valence-electron chi connectivity index (χ3n) is 6.62. The second-order valence-electron chi connectivity index (χ2n) is 9.20. The van der Waals surface area contributed by atoms with Gasteiger partial charge in [-0.3, -0.25) is 34.2 Å². The summed E-state index contributed by atoms with van der Waals surface area (Å²) in [6, 6.07) is 0.521. The van der Waals surface area contributed by atoms with Crippen molar-refractivity contribution in [3.05, 3.63) is 70.3 Å². The minimum absolute atomic E-state index is 0.0795. The molecule has 2 atom stereocenters. The number of H-pyrrole nitrogens is 2. The highest BCUT2D eigenvalue weighted by Gasteiger charge is 2.40. The maximum Gasteiger partial charge on any atom is 0.278 e. The number of hydrogen-bond donors (Lipinski definition) is 4. The van der Waals surface area contributed by atoms with Crippen LogP contribution in [-0.2, 0) is 16.1 Å². The number of amides is 3. The number of carbonyl (C=O) groups excluding carboxylic acids is 3. The molecular weight excluding hydrogens is 537 g/mol. The number of anilines is 1. The van der Waals surface area contributed by atoms with Crippen LogP contribution in [0.3, 0.4) is 0 Å². The van der Waals surface area contributed by atoms with E-state index in [-0.39, 0.29) is 35.8 Å². The van der Waals surface area contributed by atoms with Crippen molar-refractivity contribution in [2.75, 3.05) is 11.9 Å². The molecule has 0 aromatic carbocycles. The molecular formula is C25H24FN11O4. The van der Waals surface area contributed by atoms with Crippen LogP contribution in [0.15, 0.2) is 42.2 Å². The lowest BCUT2D eigenvalue weighted by molar-refractivity contribution is -0.137. The first-order valence-corrected chi connectivity index (χ1v) is 12.3. The first kappa shape index (κ1) is 27.0. The molecule has 4 aromatic heterocycles. The van der Waals surface area contributed by atoms with Crippen molar-refractivity contribution in [2.45, 2.75) is 32.1 Å². The summed E-state index contributed by atoms with van der Waals surface area (Å²) in [5, 5.41) is 14.2. The van der Waals surface area contributed by atoms with Gasteiger partial charge < -0.3 is 15.6 Å². The number of primary amides is 1. The Labute approximate surface area is 230 Å². The highest BCUT2D eigenvalue weighted by atomic mass is 19.1. The van der Waals surface area contributed by atoms with Crippen LogP contribution < -0.4 is 16.6 Å². The SMILES string of the molecule is C=C/C(=C\c1c(C(N)=O)nn(CC(=O)N2CC(F)CC2C(=O)Nc2nc3nc[nH]c3c(=O)[nH]2)c1C)c1ccnnc1. The number of nitrogens with one attached hydrogen (secondary N) is 3. The molecule has 1 aliphatic rings. The van der Waals surface area contributed by atoms with Crippen molar-refractivity contribution in [3.8, 4) is 0 Å². The second kappa shape index (κ2) is 10.9. The molecule has 5 rings (SSSR count). The van der Waals surface area contributed by atoms with Crippen LogP contribution in [-0.4, -0.2) is 81.3 Å². The average molecular weight is 562 g/mol. The minimum atomic E-state index is -1.46. The Morgan fingerprint density at radius 1 is 1.32 bits per heavy atom. The molecule has 4 aromatic rings. The van der Waals surface area contributed by atoms with E-state index in [1.165, 1.54) is 23.4 Å². The van der Waals surface area contributed by atoms with E-state index in [4.69, 9.17) is 5.73 Å². The number of fused-ring (bicyclic) bond motifs is 1. The van der Waals surface area contributed by atoms with Crippen LogP contribution in [0.25, 0.3) is 22.8 Å². The summed E-state index contributed by atoms with van der Waals surface area (Å²) in [7, 11) is 0. The van der Waals surface area contributed by atoms with Gasteiger partial charge in [0.05, 0.1) is 25.3 Å². The Bertz CT molecular complexity index is 1760. The van der Waals surface area contributed by atoms with Crippen LogP contribution in [0.2, 0.25) is 0 Å². The van der Waals surface area contributed by atoms with Gasteiger partial charge in [0.25, 0.3) is 11.5 Å². The van der Waals surface area contributed by atoms with Gasteiger partial charge in [-0.1, -0.05) is 12.7 Å². The Morgan fingerprint density at radius 3 is 2.83 bits per heavy atom. The van der Waals surface area contributed by atoms with Crippen LogP contribution >= 0.6 is 0 Å². The number of imidazole rings is 1. The molecule has 1 aliphatic heterocycles. The van der Waals surface area contributed by atoms with E-state index in [2.05, 4.69) is 47.1 Å². The van der Waals surface area contributed by atoms with Gasteiger partial charge >= 0.3 is 0 Å². The summed E-state index contributed by atoms with van der Waals surface area (Å²) in [5.41, 5.74) is 7.20. The minimum Gasteiger partial charge on any atom is -0.364 e. The Balaban J connectivity index is 1.39. The van der Waals surface area contributed by atoms with Crippen LogP contribution in [0.5, 0.6) is 0 Å². The molecule has 1 saturated heterocycles. The largest absolute Gasteiger partial charge is 0.364 e. The number of aromatic nitrogens is 8. The number of halogens is 1. The van der Waals surface area contributed by atoms with Gasteiger partial charge in [-0.2, -0.15) is 20.3 Å². The van der Waals surface area contributed by atoms with Crippen LogP contribution in [0.4, 0.5) is 10.3 Å². The highest BCUT2D eigenvalue weighted by molar-refractivity contribution is 5.99. The number of aromatic amines is 2. The predicted molar refractivity (Wildman–Crippen MR) is 144 cm³/mol. The zero-order valence-corrected chi connectivity index (χ0v) is 21.7. The van der Waals surface area contributed by atoms with Crippen molar-refractivity contribution in [1.29, 1.82) is 0 Å². The molecule has 0 saturated carbocycles. The monoisotopic (exact) mass is 561 g/mol. The summed E-state index contributed by atoms with van der Waals surface area (Å²) in [6.07, 6.45) is 5.78. The standard InChI is InChI=1S/C25H24FN11O4/c1-3-13(14-4-5-30-31-8-14)6-16-12(2)37(35-19(16)21(27)39)10-18(38)36-9-15(26)7-17(36)23(40)33-25-32-22-20(24(41)34-25)28-11-29-22/h3-6,8,11,15,17H,1,7,9-10H2,2H3,(H2,27,39)(H3,28,29,32,33,34,40,41)/b13-6+. The molecule has 210 valence electrons. The maximum atomic E-state index is 14.5. The molecule has 2 unspecified atom stereocenters. The van der Waals surface area contributed by atoms with E-state index < -0.39 is 42.0 Å². The number of nitrogens with zero attached hydrogens (tertiary/aromatic N) is 7. The van der Waals surface area contributed by atoms with E-state index in [1.54, 1.807) is 25.1 Å². The van der Waals surface area contributed by atoms with E-state index in [1.807, 2.05) is 0 Å². The fourth-order valence-electron chi connectivity index (χ4n) is 4.58. The van der Waals surface area contributed by atoms with Gasteiger partial charge in [-0.05, 0) is 24.6 Å². The highest BCUT2D eigenvalue weighted by Crippen LogP contribution is 2.25. The molecule has 16 heteroatoms. The molecule has 3 amide bonds. The van der Waals surface area contributed by atoms with Gasteiger partial charge in [0, 0.05) is 23.2 Å². The fraction of sp³-hybridized carbons (Fsp3) is 0.240. The third-order valence-corrected chi connectivity index (χ3v) is 6.62. The summed E-state index contributed by atoms with van der Waals surface area (Å²) >= 11 is 0. The number of allylic oxidation sites excluding steroid dienone is 2. The van der Waals surface area contributed by atoms with E-state index in [0.717, 1.165) is 4.90 Å². The normalized spacial score (nSPS) is 17.1. The number of carbonyl (C=O) groups is 3. The number of likely N-dealkylation sites (tertiary alicyclic amines) is 1. The quantitative estimate of drug-likeness (QED) is 0.218. The third kappa shape index (κ3) is 5.34. The molecule has 0 radical (unpaired) electrons. The molecule has 0 aliphatic carbocycles. The zero-order valence-electron chi connectivity index (χ0n) is 21.7. The van der Waals surface area contributed by atoms with E-state index >= 15 is 0 Å². The molecule has 41 heavy (non-hydrogen) atoms. The Morgan fingerprint density at radius 2 is 2.12 bits per heavy atom. The molecule has 5 N–H and O–H groups in total. The molecule has 0 bridgehead atoms. The van der Waals surface area contributed by atoms with Crippen molar-refractivity contribution >= 4 is 46.5 Å². The molecule has 1 fully saturated rings. The molecule has 15 nitrogen and oxygen atoms in total.